The zero-order chi connectivity index (χ0) is 26.2. The maximum Gasteiger partial charge on any atom is 0.266 e. The molecule has 0 radical (unpaired) electrons. The van der Waals surface area contributed by atoms with E-state index >= 15 is 0 Å². The molecule has 3 aromatic rings. The molecule has 0 spiro atoms. The van der Waals surface area contributed by atoms with Crippen molar-refractivity contribution in [2.24, 2.45) is 0 Å². The highest BCUT2D eigenvalue weighted by molar-refractivity contribution is 5.87. The topological polar surface area (TPSA) is 77.7 Å². The first-order valence-electron chi connectivity index (χ1n) is 12.2. The van der Waals surface area contributed by atoms with Crippen molar-refractivity contribution < 1.29 is 13.2 Å². The molecule has 1 aliphatic heterocycles. The van der Waals surface area contributed by atoms with Gasteiger partial charge in [0.25, 0.3) is 6.43 Å². The maximum atomic E-state index is 14.8. The number of likely N-dealkylation sites (tertiary alicyclic amines) is 1. The third-order valence-corrected chi connectivity index (χ3v) is 7.21. The first-order valence-corrected chi connectivity index (χ1v) is 12.2. The number of piperidine rings is 1. The van der Waals surface area contributed by atoms with Crippen LogP contribution in [0.5, 0.6) is 0 Å². The molecule has 2 aromatic heterocycles. The summed E-state index contributed by atoms with van der Waals surface area (Å²) in [6, 6.07) is 8.25. The van der Waals surface area contributed by atoms with Crippen LogP contribution < -0.4 is 5.32 Å². The van der Waals surface area contributed by atoms with E-state index in [4.69, 9.17) is 4.98 Å². The number of aryl methyl sites for hydroxylation is 2. The first-order chi connectivity index (χ1) is 17.1. The van der Waals surface area contributed by atoms with Crippen LogP contribution in [0, 0.1) is 31.0 Å². The third kappa shape index (κ3) is 4.74. The molecule has 1 fully saturated rings. The fraction of sp³-hybridized carbons (Fsp3) is 0.481. The molecule has 0 aliphatic carbocycles. The van der Waals surface area contributed by atoms with Gasteiger partial charge in [0.2, 0.25) is 0 Å². The van der Waals surface area contributed by atoms with E-state index < -0.39 is 29.3 Å². The van der Waals surface area contributed by atoms with Gasteiger partial charge in [-0.2, -0.15) is 5.26 Å². The summed E-state index contributed by atoms with van der Waals surface area (Å²) in [7, 11) is 0. The lowest BCUT2D eigenvalue weighted by molar-refractivity contribution is 0.146. The van der Waals surface area contributed by atoms with Crippen molar-refractivity contribution in [2.45, 2.75) is 71.4 Å². The van der Waals surface area contributed by atoms with Gasteiger partial charge in [-0.05, 0) is 59.1 Å². The van der Waals surface area contributed by atoms with Crippen molar-refractivity contribution in [3.05, 3.63) is 58.3 Å². The summed E-state index contributed by atoms with van der Waals surface area (Å²) in [5.41, 5.74) is 0.861. The van der Waals surface area contributed by atoms with Crippen LogP contribution in [0.3, 0.4) is 0 Å². The Bertz CT molecular complexity index is 1310. The summed E-state index contributed by atoms with van der Waals surface area (Å²) in [6.07, 6.45) is -1.53. The zero-order valence-electron chi connectivity index (χ0n) is 21.2. The zero-order valence-corrected chi connectivity index (χ0v) is 21.2. The number of hydrogen-bond acceptors (Lipinski definition) is 6. The fourth-order valence-corrected chi connectivity index (χ4v) is 5.06. The highest BCUT2D eigenvalue weighted by Crippen LogP contribution is 2.39. The molecule has 1 aliphatic rings. The van der Waals surface area contributed by atoms with Crippen LogP contribution in [0.15, 0.2) is 24.3 Å². The van der Waals surface area contributed by atoms with E-state index in [-0.39, 0.29) is 5.56 Å². The van der Waals surface area contributed by atoms with Gasteiger partial charge < -0.3 is 10.2 Å². The van der Waals surface area contributed by atoms with Gasteiger partial charge in [-0.25, -0.2) is 28.1 Å². The van der Waals surface area contributed by atoms with Crippen molar-refractivity contribution in [1.29, 1.82) is 5.26 Å². The van der Waals surface area contributed by atoms with Gasteiger partial charge in [-0.3, -0.25) is 0 Å². The van der Waals surface area contributed by atoms with Crippen molar-refractivity contribution in [2.75, 3.05) is 18.4 Å². The second-order valence-electron chi connectivity index (χ2n) is 9.85. The third-order valence-electron chi connectivity index (χ3n) is 7.21. The lowest BCUT2D eigenvalue weighted by Gasteiger charge is -2.40. The average Bonchev–Trinajstić information content (AvgIpc) is 2.83. The van der Waals surface area contributed by atoms with Gasteiger partial charge in [0.05, 0.1) is 28.5 Å². The van der Waals surface area contributed by atoms with E-state index in [0.717, 1.165) is 30.4 Å². The van der Waals surface area contributed by atoms with Crippen LogP contribution in [-0.2, 0) is 5.41 Å². The van der Waals surface area contributed by atoms with E-state index in [1.165, 1.54) is 12.1 Å². The molecule has 1 atom stereocenters. The number of nitrogens with zero attached hydrogens (tertiary/aromatic N) is 5. The van der Waals surface area contributed by atoms with Crippen molar-refractivity contribution >= 4 is 16.9 Å². The van der Waals surface area contributed by atoms with E-state index in [9.17, 15) is 18.4 Å². The van der Waals surface area contributed by atoms with Gasteiger partial charge in [-0.1, -0.05) is 18.2 Å². The molecular weight excluding hydrogens is 465 g/mol. The van der Waals surface area contributed by atoms with Crippen molar-refractivity contribution in [1.82, 2.24) is 19.9 Å². The minimum atomic E-state index is -2.90. The fourth-order valence-electron chi connectivity index (χ4n) is 5.06. The van der Waals surface area contributed by atoms with Gasteiger partial charge >= 0.3 is 0 Å². The van der Waals surface area contributed by atoms with Crippen LogP contribution in [0.4, 0.5) is 19.0 Å². The summed E-state index contributed by atoms with van der Waals surface area (Å²) in [4.78, 5) is 16.1. The number of hydrogen-bond donors (Lipinski definition) is 1. The molecule has 1 N–H and O–H groups in total. The Morgan fingerprint density at radius 2 is 1.72 bits per heavy atom. The summed E-state index contributed by atoms with van der Waals surface area (Å²) < 4.78 is 41.3. The van der Waals surface area contributed by atoms with Gasteiger partial charge in [0.1, 0.15) is 17.5 Å². The highest BCUT2D eigenvalue weighted by atomic mass is 19.3. The molecule has 190 valence electrons. The Labute approximate surface area is 209 Å². The molecule has 1 saturated heterocycles. The van der Waals surface area contributed by atoms with Crippen molar-refractivity contribution in [3.63, 3.8) is 0 Å². The molecule has 36 heavy (non-hydrogen) atoms. The number of anilines is 1. The quantitative estimate of drug-likeness (QED) is 0.441. The second kappa shape index (κ2) is 10.0. The molecule has 0 amide bonds. The number of aromatic nitrogens is 3. The number of fused-ring (bicyclic) bond motifs is 1. The Morgan fingerprint density at radius 3 is 2.33 bits per heavy atom. The molecule has 3 heterocycles. The largest absolute Gasteiger partial charge is 0.363 e. The number of alkyl halides is 2. The van der Waals surface area contributed by atoms with E-state index in [2.05, 4.69) is 40.1 Å². The highest BCUT2D eigenvalue weighted by Gasteiger charge is 2.39. The van der Waals surface area contributed by atoms with Gasteiger partial charge in [-0.15, -0.1) is 0 Å². The molecule has 9 heteroatoms. The minimum absolute atomic E-state index is 0.118. The molecule has 0 unspecified atom stereocenters. The molecular formula is C27H31F3N6. The molecule has 0 bridgehead atoms. The number of pyridine rings is 1. The predicted molar refractivity (Wildman–Crippen MR) is 133 cm³/mol. The van der Waals surface area contributed by atoms with Crippen LogP contribution >= 0.6 is 0 Å². The van der Waals surface area contributed by atoms with Gasteiger partial charge in [0, 0.05) is 30.4 Å². The van der Waals surface area contributed by atoms with Gasteiger partial charge in [0.15, 0.2) is 5.65 Å². The Morgan fingerprint density at radius 1 is 1.06 bits per heavy atom. The number of nitrogens with one attached hydrogen (secondary N) is 1. The molecule has 4 rings (SSSR count). The number of rotatable bonds is 6. The average molecular weight is 497 g/mol. The summed E-state index contributed by atoms with van der Waals surface area (Å²) >= 11 is 0. The predicted octanol–water partition coefficient (Wildman–Crippen LogP) is 6.16. The summed E-state index contributed by atoms with van der Waals surface area (Å²) in [5.74, 6) is -0.0372. The first kappa shape index (κ1) is 25.8. The lowest BCUT2D eigenvalue weighted by atomic mass is 9.73. The normalized spacial score (nSPS) is 16.9. The molecule has 6 nitrogen and oxygen atoms in total. The lowest BCUT2D eigenvalue weighted by Crippen LogP contribution is -2.45. The monoisotopic (exact) mass is 496 g/mol. The SMILES string of the molecule is Cc1nc(N[C@H](C)c2cccc(C(F)F)c2F)c2cc(C3(C#N)CCN(C(C)C)CC3)c(C)nc2n1. The molecule has 1 aromatic carbocycles. The smallest absolute Gasteiger partial charge is 0.266 e. The Hall–Kier alpha value is -3.25. The maximum absolute atomic E-state index is 14.8. The van der Waals surface area contributed by atoms with Crippen LogP contribution in [0.25, 0.3) is 11.0 Å². The van der Waals surface area contributed by atoms with E-state index in [1.54, 1.807) is 13.8 Å². The molecule has 0 saturated carbocycles. The summed E-state index contributed by atoms with van der Waals surface area (Å²) in [6.45, 7) is 11.3. The van der Waals surface area contributed by atoms with E-state index in [0.29, 0.717) is 41.6 Å². The van der Waals surface area contributed by atoms with Crippen LogP contribution in [0.2, 0.25) is 0 Å². The number of halogens is 3. The Balaban J connectivity index is 1.76. The standard InChI is InChI=1S/C27H31F3N6/c1-15(2)36-11-9-27(14-31,10-12-36)22-13-21-25(34-18(5)35-26(21)33-17(22)4)32-16(3)19-7-6-8-20(23(19)28)24(29)30/h6-8,13,15-16,24H,9-12H2,1-5H3,(H,32,33,34,35)/t16-/m1/s1. The second-order valence-corrected chi connectivity index (χ2v) is 9.85. The number of nitriles is 1. The van der Waals surface area contributed by atoms with Crippen LogP contribution in [-0.4, -0.2) is 39.0 Å². The van der Waals surface area contributed by atoms with Crippen LogP contribution in [0.1, 0.15) is 74.3 Å². The Kier molecular flexibility index (Phi) is 7.19. The summed E-state index contributed by atoms with van der Waals surface area (Å²) in [5, 5.41) is 14.1. The number of benzene rings is 1. The van der Waals surface area contributed by atoms with Crippen molar-refractivity contribution in [3.8, 4) is 6.07 Å². The van der Waals surface area contributed by atoms with E-state index in [1.807, 2.05) is 13.0 Å². The minimum Gasteiger partial charge on any atom is -0.363 e.